The molecule has 3 heterocycles. The SMILES string of the molecule is c1ccc([Si]2(c3ccccc3)OCc3cccc(n3)CO[Si](c3ccccc3)(c3ccccc3)OCc3cccc(n3)CO2)cc1. The average molecular weight is 639 g/mol. The van der Waals surface area contributed by atoms with Gasteiger partial charge in [0.1, 0.15) is 0 Å². The van der Waals surface area contributed by atoms with Crippen LogP contribution in [0.15, 0.2) is 158 Å². The monoisotopic (exact) mass is 638 g/mol. The van der Waals surface area contributed by atoms with Crippen LogP contribution in [-0.2, 0) is 44.1 Å². The molecule has 2 aromatic heterocycles. The molecule has 4 bridgehead atoms. The third kappa shape index (κ3) is 6.40. The molecule has 228 valence electrons. The quantitative estimate of drug-likeness (QED) is 0.260. The first-order valence-corrected chi connectivity index (χ1v) is 19.0. The van der Waals surface area contributed by atoms with Crippen LogP contribution >= 0.6 is 0 Å². The van der Waals surface area contributed by atoms with Gasteiger partial charge in [-0.1, -0.05) is 133 Å². The molecule has 1 aliphatic rings. The van der Waals surface area contributed by atoms with Crippen LogP contribution in [0.3, 0.4) is 0 Å². The maximum absolute atomic E-state index is 6.96. The van der Waals surface area contributed by atoms with E-state index >= 15 is 0 Å². The van der Waals surface area contributed by atoms with Crippen LogP contribution in [0.25, 0.3) is 0 Å². The van der Waals surface area contributed by atoms with Crippen LogP contribution in [0.2, 0.25) is 0 Å². The zero-order chi connectivity index (χ0) is 31.1. The summed E-state index contributed by atoms with van der Waals surface area (Å²) in [6.45, 7) is 1.09. The molecule has 0 unspecified atom stereocenters. The minimum Gasteiger partial charge on any atom is -0.382 e. The fourth-order valence-corrected chi connectivity index (χ4v) is 11.9. The third-order valence-corrected chi connectivity index (χ3v) is 14.6. The van der Waals surface area contributed by atoms with Gasteiger partial charge in [-0.05, 0) is 45.0 Å². The number of aromatic nitrogens is 2. The normalized spacial score (nSPS) is 16.3. The second-order valence-electron chi connectivity index (χ2n) is 11.1. The van der Waals surface area contributed by atoms with Gasteiger partial charge < -0.3 is 17.7 Å². The highest BCUT2D eigenvalue weighted by Gasteiger charge is 2.44. The second-order valence-corrected chi connectivity index (χ2v) is 17.0. The van der Waals surface area contributed by atoms with Gasteiger partial charge in [0.2, 0.25) is 0 Å². The molecule has 0 amide bonds. The lowest BCUT2D eigenvalue weighted by Gasteiger charge is -2.32. The highest BCUT2D eigenvalue weighted by molar-refractivity contribution is 6.93. The zero-order valence-electron chi connectivity index (χ0n) is 25.4. The minimum absolute atomic E-state index is 0.272. The summed E-state index contributed by atoms with van der Waals surface area (Å²) < 4.78 is 27.9. The first kappa shape index (κ1) is 30.1. The highest BCUT2D eigenvalue weighted by atomic mass is 28.4. The third-order valence-electron chi connectivity index (χ3n) is 8.04. The molecule has 6 nitrogen and oxygen atoms in total. The fraction of sp³-hybridized carbons (Fsp3) is 0.105. The van der Waals surface area contributed by atoms with Crippen LogP contribution in [0.4, 0.5) is 0 Å². The van der Waals surface area contributed by atoms with E-state index < -0.39 is 17.1 Å². The van der Waals surface area contributed by atoms with Crippen LogP contribution in [0, 0.1) is 0 Å². The Bertz CT molecular complexity index is 1590. The average Bonchev–Trinajstić information content (AvgIpc) is 3.14. The van der Waals surface area contributed by atoms with Crippen molar-refractivity contribution in [1.82, 2.24) is 9.97 Å². The number of hydrogen-bond donors (Lipinski definition) is 0. The first-order valence-electron chi connectivity index (χ1n) is 15.4. The predicted octanol–water partition coefficient (Wildman–Crippen LogP) is 4.77. The van der Waals surface area contributed by atoms with Crippen LogP contribution in [0.5, 0.6) is 0 Å². The molecule has 0 spiro atoms. The summed E-state index contributed by atoms with van der Waals surface area (Å²) in [5.41, 5.74) is 3.20. The van der Waals surface area contributed by atoms with Crippen LogP contribution in [-0.4, -0.2) is 27.1 Å². The maximum atomic E-state index is 6.96. The molecule has 7 rings (SSSR count). The van der Waals surface area contributed by atoms with Crippen molar-refractivity contribution in [2.75, 3.05) is 0 Å². The molecular formula is C38H34N2O4Si2. The lowest BCUT2D eigenvalue weighted by molar-refractivity contribution is 0.165. The number of pyridine rings is 2. The summed E-state index contributed by atoms with van der Waals surface area (Å²) in [6, 6.07) is 52.9. The lowest BCUT2D eigenvalue weighted by atomic mass is 10.3. The van der Waals surface area contributed by atoms with Gasteiger partial charge in [0, 0.05) is 0 Å². The van der Waals surface area contributed by atoms with E-state index in [-0.39, 0.29) is 26.4 Å². The van der Waals surface area contributed by atoms with E-state index in [9.17, 15) is 0 Å². The molecule has 0 fully saturated rings. The van der Waals surface area contributed by atoms with Crippen LogP contribution < -0.4 is 20.7 Å². The Hall–Kier alpha value is -4.55. The van der Waals surface area contributed by atoms with E-state index in [1.807, 2.05) is 109 Å². The Morgan fingerprint density at radius 3 is 0.783 bits per heavy atom. The van der Waals surface area contributed by atoms with Gasteiger partial charge in [0.25, 0.3) is 0 Å². The van der Waals surface area contributed by atoms with Gasteiger partial charge in [-0.25, -0.2) is 0 Å². The number of rotatable bonds is 4. The fourth-order valence-electron chi connectivity index (χ4n) is 5.80. The van der Waals surface area contributed by atoms with Crippen molar-refractivity contribution in [3.05, 3.63) is 181 Å². The summed E-state index contributed by atoms with van der Waals surface area (Å²) in [5.74, 6) is 0. The summed E-state index contributed by atoms with van der Waals surface area (Å²) in [5, 5.41) is 4.07. The van der Waals surface area contributed by atoms with Crippen molar-refractivity contribution in [1.29, 1.82) is 0 Å². The molecule has 0 saturated carbocycles. The zero-order valence-corrected chi connectivity index (χ0v) is 27.4. The summed E-state index contributed by atoms with van der Waals surface area (Å²) in [6.07, 6.45) is 0. The minimum atomic E-state index is -3.21. The van der Waals surface area contributed by atoms with Crippen molar-refractivity contribution in [2.24, 2.45) is 0 Å². The molecule has 0 N–H and O–H groups in total. The standard InChI is InChI=1S/C38H34N2O4Si2/c1-5-19-35(20-6-1)45(36-21-7-2-8-22-36)41-27-31-15-13-17-33(39-31)29-43-46(37-23-9-3-10-24-37,38-25-11-4-12-26-38)44-30-34-18-14-16-32(40-34)28-42-45/h1-26H,27-30H2. The Morgan fingerprint density at radius 2 is 0.543 bits per heavy atom. The topological polar surface area (TPSA) is 62.7 Å². The Labute approximate surface area is 271 Å². The molecule has 0 radical (unpaired) electrons. The number of hydrogen-bond acceptors (Lipinski definition) is 6. The van der Waals surface area contributed by atoms with E-state index in [4.69, 9.17) is 27.7 Å². The predicted molar refractivity (Wildman–Crippen MR) is 183 cm³/mol. The Balaban J connectivity index is 1.33. The molecule has 4 aromatic carbocycles. The lowest BCUT2D eigenvalue weighted by Crippen LogP contribution is -2.63. The summed E-state index contributed by atoms with van der Waals surface area (Å²) in [7, 11) is -6.42. The number of fused-ring (bicyclic) bond motifs is 4. The van der Waals surface area contributed by atoms with Gasteiger partial charge in [-0.3, -0.25) is 9.97 Å². The van der Waals surface area contributed by atoms with E-state index in [0.717, 1.165) is 43.5 Å². The first-order chi connectivity index (χ1) is 22.7. The van der Waals surface area contributed by atoms with E-state index in [1.54, 1.807) is 0 Å². The number of nitrogens with zero attached hydrogens (tertiary/aromatic N) is 2. The molecule has 0 saturated heterocycles. The molecular weight excluding hydrogens is 605 g/mol. The second kappa shape index (κ2) is 13.8. The smallest absolute Gasteiger partial charge is 0.382 e. The Morgan fingerprint density at radius 1 is 0.304 bits per heavy atom. The summed E-state index contributed by atoms with van der Waals surface area (Å²) >= 11 is 0. The molecule has 46 heavy (non-hydrogen) atoms. The van der Waals surface area contributed by atoms with E-state index in [2.05, 4.69) is 48.5 Å². The molecule has 6 aromatic rings. The van der Waals surface area contributed by atoms with Crippen molar-refractivity contribution in [2.45, 2.75) is 26.4 Å². The number of benzene rings is 4. The Kier molecular flexibility index (Phi) is 9.06. The van der Waals surface area contributed by atoms with Gasteiger partial charge >= 0.3 is 17.1 Å². The van der Waals surface area contributed by atoms with Crippen molar-refractivity contribution >= 4 is 37.9 Å². The molecule has 0 atom stereocenters. The van der Waals surface area contributed by atoms with Crippen LogP contribution in [0.1, 0.15) is 22.8 Å². The van der Waals surface area contributed by atoms with Crippen molar-refractivity contribution in [3.8, 4) is 0 Å². The summed E-state index contributed by atoms with van der Waals surface area (Å²) in [4.78, 5) is 10.0. The van der Waals surface area contributed by atoms with E-state index in [1.165, 1.54) is 0 Å². The molecule has 1 aliphatic heterocycles. The van der Waals surface area contributed by atoms with Gasteiger partial charge in [0.05, 0.1) is 49.2 Å². The van der Waals surface area contributed by atoms with Gasteiger partial charge in [-0.15, -0.1) is 0 Å². The molecule has 8 heteroatoms. The van der Waals surface area contributed by atoms with E-state index in [0.29, 0.717) is 0 Å². The largest absolute Gasteiger partial charge is 0.407 e. The molecule has 0 aliphatic carbocycles. The van der Waals surface area contributed by atoms with Crippen molar-refractivity contribution < 1.29 is 17.7 Å². The van der Waals surface area contributed by atoms with Gasteiger partial charge in [-0.2, -0.15) is 0 Å². The van der Waals surface area contributed by atoms with Crippen molar-refractivity contribution in [3.63, 3.8) is 0 Å². The highest BCUT2D eigenvalue weighted by Crippen LogP contribution is 2.19. The maximum Gasteiger partial charge on any atom is 0.407 e. The van der Waals surface area contributed by atoms with Gasteiger partial charge in [0.15, 0.2) is 0 Å².